The molecule has 0 bridgehead atoms. The van der Waals surface area contributed by atoms with Crippen LogP contribution >= 0.6 is 0 Å². The van der Waals surface area contributed by atoms with E-state index in [1.165, 1.54) is 5.01 Å². The van der Waals surface area contributed by atoms with Crippen LogP contribution in [-0.4, -0.2) is 51.3 Å². The van der Waals surface area contributed by atoms with E-state index in [9.17, 15) is 19.5 Å². The van der Waals surface area contributed by atoms with E-state index in [0.717, 1.165) is 43.2 Å². The fourth-order valence-electron chi connectivity index (χ4n) is 9.83. The predicted molar refractivity (Wildman–Crippen MR) is 187 cm³/mol. The van der Waals surface area contributed by atoms with E-state index in [-0.39, 0.29) is 47.6 Å². The Kier molecular flexibility index (Phi) is 8.04. The summed E-state index contributed by atoms with van der Waals surface area (Å²) in [6.45, 7) is 4.13. The highest BCUT2D eigenvalue weighted by Crippen LogP contribution is 2.64. The zero-order chi connectivity index (χ0) is 34.7. The molecule has 2 saturated carbocycles. The first-order valence-electron chi connectivity index (χ1n) is 18.1. The van der Waals surface area contributed by atoms with E-state index in [0.29, 0.717) is 29.8 Å². The Morgan fingerprint density at radius 2 is 1.62 bits per heavy atom. The van der Waals surface area contributed by atoms with Gasteiger partial charge in [0.25, 0.3) is 11.8 Å². The van der Waals surface area contributed by atoms with Crippen molar-refractivity contribution in [3.05, 3.63) is 101 Å². The molecule has 258 valence electrons. The van der Waals surface area contributed by atoms with Crippen LogP contribution in [0.1, 0.15) is 74.5 Å². The molecule has 9 heteroatoms. The predicted octanol–water partition coefficient (Wildman–Crippen LogP) is 6.42. The number of phenols is 1. The number of rotatable bonds is 7. The second-order valence-electron chi connectivity index (χ2n) is 14.6. The van der Waals surface area contributed by atoms with E-state index in [4.69, 9.17) is 4.74 Å². The lowest BCUT2D eigenvalue weighted by Gasteiger charge is -2.50. The fourth-order valence-corrected chi connectivity index (χ4v) is 9.83. The van der Waals surface area contributed by atoms with Gasteiger partial charge in [0.1, 0.15) is 0 Å². The highest BCUT2D eigenvalue weighted by molar-refractivity contribution is 6.13. The second-order valence-corrected chi connectivity index (χ2v) is 14.6. The summed E-state index contributed by atoms with van der Waals surface area (Å²) in [5.74, 6) is -3.76. The zero-order valence-electron chi connectivity index (χ0n) is 28.5. The first kappa shape index (κ1) is 32.3. The number of carbonyl (C=O) groups is 4. The van der Waals surface area contributed by atoms with Crippen LogP contribution in [0.4, 0.5) is 5.69 Å². The molecule has 2 heterocycles. The van der Waals surface area contributed by atoms with Crippen molar-refractivity contribution in [2.45, 2.75) is 76.2 Å². The number of hydrogen-bond donors (Lipinski definition) is 2. The molecule has 4 amide bonds. The van der Waals surface area contributed by atoms with Crippen molar-refractivity contribution in [2.75, 3.05) is 12.0 Å². The molecule has 6 unspecified atom stereocenters. The SMILES string of the molecule is CCOc1cc(C2C3=CCC4C(=O)N(C5CCCCC5)C(=O)C4C3CC3C(=O)N(Nc4ccc(C)cc4)C(=O)C32c2ccccc2)ccc1O. The van der Waals surface area contributed by atoms with Crippen LogP contribution in [0.3, 0.4) is 0 Å². The van der Waals surface area contributed by atoms with Crippen LogP contribution < -0.4 is 10.2 Å². The molecule has 2 aliphatic heterocycles. The first-order chi connectivity index (χ1) is 24.2. The molecule has 0 radical (unpaired) electrons. The number of carbonyl (C=O) groups excluding carboxylic acids is 4. The smallest absolute Gasteiger partial charge is 0.260 e. The molecule has 9 nitrogen and oxygen atoms in total. The number of imide groups is 2. The molecule has 2 saturated heterocycles. The number of fused-ring (bicyclic) bond motifs is 4. The molecule has 3 aromatic rings. The summed E-state index contributed by atoms with van der Waals surface area (Å²) in [7, 11) is 0. The summed E-state index contributed by atoms with van der Waals surface area (Å²) in [5, 5.41) is 11.9. The van der Waals surface area contributed by atoms with Crippen molar-refractivity contribution in [1.29, 1.82) is 0 Å². The average molecular weight is 674 g/mol. The van der Waals surface area contributed by atoms with Crippen LogP contribution in [0, 0.1) is 30.6 Å². The molecule has 8 rings (SSSR count). The Labute approximate surface area is 292 Å². The minimum atomic E-state index is -1.37. The summed E-state index contributed by atoms with van der Waals surface area (Å²) in [5.41, 5.74) is 5.72. The van der Waals surface area contributed by atoms with Crippen LogP contribution in [0.5, 0.6) is 11.5 Å². The molecule has 0 spiro atoms. The number of hydrogen-bond acceptors (Lipinski definition) is 7. The summed E-state index contributed by atoms with van der Waals surface area (Å²) >= 11 is 0. The Hall–Kier alpha value is -4.92. The fraction of sp³-hybridized carbons (Fsp3) is 0.415. The van der Waals surface area contributed by atoms with Gasteiger partial charge in [0.05, 0.1) is 35.5 Å². The number of aryl methyl sites for hydroxylation is 1. The van der Waals surface area contributed by atoms with Gasteiger partial charge in [-0.2, -0.15) is 5.01 Å². The number of nitrogens with zero attached hydrogens (tertiary/aromatic N) is 2. The van der Waals surface area contributed by atoms with Crippen LogP contribution in [0.15, 0.2) is 84.4 Å². The molecule has 2 N–H and O–H groups in total. The summed E-state index contributed by atoms with van der Waals surface area (Å²) < 4.78 is 5.84. The standard InChI is InChI=1S/C41H43N3O6/c1-3-50-34-22-25(16-21-33(34)45)36-29-19-20-30-35(39(48)43(37(30)46)28-12-8-5-9-13-28)31(29)23-32-38(47)44(42-27-17-14-24(2)15-18-27)40(49)41(32,36)26-10-6-4-7-11-26/h4,6-7,10-11,14-19,21-22,28,30-32,35-36,42,45H,3,5,8-9,12-13,20,23H2,1-2H3. The molecule has 3 aliphatic carbocycles. The molecule has 6 atom stereocenters. The highest BCUT2D eigenvalue weighted by atomic mass is 16.5. The second kappa shape index (κ2) is 12.4. The topological polar surface area (TPSA) is 116 Å². The normalized spacial score (nSPS) is 29.4. The summed E-state index contributed by atoms with van der Waals surface area (Å²) in [6, 6.07) is 22.0. The van der Waals surface area contributed by atoms with Gasteiger partial charge >= 0.3 is 0 Å². The zero-order valence-corrected chi connectivity index (χ0v) is 28.5. The van der Waals surface area contributed by atoms with Crippen LogP contribution in [0.25, 0.3) is 0 Å². The first-order valence-corrected chi connectivity index (χ1v) is 18.1. The minimum Gasteiger partial charge on any atom is -0.504 e. The van der Waals surface area contributed by atoms with Crippen molar-refractivity contribution in [3.63, 3.8) is 0 Å². The monoisotopic (exact) mass is 673 g/mol. The third-order valence-electron chi connectivity index (χ3n) is 12.0. The van der Waals surface area contributed by atoms with Crippen molar-refractivity contribution < 1.29 is 29.0 Å². The van der Waals surface area contributed by atoms with Crippen molar-refractivity contribution >= 4 is 29.3 Å². The average Bonchev–Trinajstić information content (AvgIpc) is 3.51. The van der Waals surface area contributed by atoms with Gasteiger partial charge in [0.15, 0.2) is 11.5 Å². The minimum absolute atomic E-state index is 0.0258. The van der Waals surface area contributed by atoms with Crippen LogP contribution in [0.2, 0.25) is 0 Å². The van der Waals surface area contributed by atoms with Gasteiger partial charge in [0, 0.05) is 12.0 Å². The van der Waals surface area contributed by atoms with Gasteiger partial charge in [-0.3, -0.25) is 29.5 Å². The van der Waals surface area contributed by atoms with Gasteiger partial charge in [-0.25, -0.2) is 0 Å². The molecule has 0 aromatic heterocycles. The molecular weight excluding hydrogens is 630 g/mol. The van der Waals surface area contributed by atoms with Gasteiger partial charge in [0.2, 0.25) is 11.8 Å². The number of likely N-dealkylation sites (tertiary alicyclic amines) is 1. The Morgan fingerprint density at radius 1 is 0.880 bits per heavy atom. The third-order valence-corrected chi connectivity index (χ3v) is 12.0. The van der Waals surface area contributed by atoms with Gasteiger partial charge in [-0.15, -0.1) is 0 Å². The summed E-state index contributed by atoms with van der Waals surface area (Å²) in [6.07, 6.45) is 7.47. The molecule has 3 aromatic carbocycles. The number of aromatic hydroxyl groups is 1. The number of phenolic OH excluding ortho intramolecular Hbond substituents is 1. The molecule has 5 aliphatic rings. The number of anilines is 1. The van der Waals surface area contributed by atoms with E-state index in [1.54, 1.807) is 23.1 Å². The number of ether oxygens (including phenoxy) is 1. The number of hydrazine groups is 1. The lowest BCUT2D eigenvalue weighted by molar-refractivity contribution is -0.144. The Balaban J connectivity index is 1.31. The van der Waals surface area contributed by atoms with Crippen LogP contribution in [-0.2, 0) is 24.6 Å². The lowest BCUT2D eigenvalue weighted by Crippen LogP contribution is -2.53. The van der Waals surface area contributed by atoms with E-state index >= 15 is 4.79 Å². The van der Waals surface area contributed by atoms with Crippen molar-refractivity contribution in [3.8, 4) is 11.5 Å². The maximum atomic E-state index is 15.3. The van der Waals surface area contributed by atoms with Crippen molar-refractivity contribution in [1.82, 2.24) is 9.91 Å². The Bertz CT molecular complexity index is 1880. The molecule has 4 fully saturated rings. The van der Waals surface area contributed by atoms with E-state index in [1.807, 2.05) is 68.4 Å². The maximum absolute atomic E-state index is 15.3. The Morgan fingerprint density at radius 3 is 2.34 bits per heavy atom. The number of amides is 4. The lowest BCUT2D eigenvalue weighted by atomic mass is 9.49. The highest BCUT2D eigenvalue weighted by Gasteiger charge is 2.70. The van der Waals surface area contributed by atoms with Gasteiger partial charge in [-0.05, 0) is 80.8 Å². The number of benzene rings is 3. The number of nitrogens with one attached hydrogen (secondary N) is 1. The number of allylic oxidation sites excluding steroid dienone is 2. The van der Waals surface area contributed by atoms with E-state index in [2.05, 4.69) is 11.5 Å². The third kappa shape index (κ3) is 4.80. The van der Waals surface area contributed by atoms with Gasteiger partial charge in [-0.1, -0.05) is 85.0 Å². The summed E-state index contributed by atoms with van der Waals surface area (Å²) in [4.78, 5) is 60.2. The maximum Gasteiger partial charge on any atom is 0.260 e. The quantitative estimate of drug-likeness (QED) is 0.220. The van der Waals surface area contributed by atoms with Crippen molar-refractivity contribution in [2.24, 2.45) is 23.7 Å². The molecular formula is C41H43N3O6. The largest absolute Gasteiger partial charge is 0.504 e. The van der Waals surface area contributed by atoms with Gasteiger partial charge < -0.3 is 9.84 Å². The molecule has 50 heavy (non-hydrogen) atoms. The van der Waals surface area contributed by atoms with E-state index < -0.39 is 35.0 Å².